The number of methoxy groups -OCH3 is 1. The third-order valence-corrected chi connectivity index (χ3v) is 13.2. The third-order valence-electron chi connectivity index (χ3n) is 8.20. The molecule has 0 radical (unpaired) electrons. The Hall–Kier alpha value is -4.52. The molecule has 9 heteroatoms. The van der Waals surface area contributed by atoms with Crippen molar-refractivity contribution < 1.29 is 9.16 Å². The Bertz CT molecular complexity index is 1690. The Morgan fingerprint density at radius 3 is 2.25 bits per heavy atom. The molecule has 0 amide bonds. The Balaban J connectivity index is 1.39. The summed E-state index contributed by atoms with van der Waals surface area (Å²) >= 11 is 0. The fraction of sp³-hybridized carbons (Fsp3) is 0.314. The van der Waals surface area contributed by atoms with Crippen LogP contribution in [0.15, 0.2) is 91.4 Å². The van der Waals surface area contributed by atoms with Crippen LogP contribution in [0.1, 0.15) is 51.7 Å². The Morgan fingerprint density at radius 1 is 0.977 bits per heavy atom. The van der Waals surface area contributed by atoms with Gasteiger partial charge in [-0.1, -0.05) is 94.4 Å². The molecule has 2 heterocycles. The predicted molar refractivity (Wildman–Crippen MR) is 178 cm³/mol. The Labute approximate surface area is 260 Å². The summed E-state index contributed by atoms with van der Waals surface area (Å²) in [6.45, 7) is 10.1. The SMILES string of the molecule is CC[C@@H](CCO[Si](c1ccccc1)(c1ccccc1)C(C)(C)C)Nc1ncnc2cnn(Cc3ccc(C#N)cc3OC)c12. The summed E-state index contributed by atoms with van der Waals surface area (Å²) in [6.07, 6.45) is 5.03. The highest BCUT2D eigenvalue weighted by Gasteiger charge is 2.50. The van der Waals surface area contributed by atoms with Gasteiger partial charge in [0.05, 0.1) is 31.5 Å². The highest BCUT2D eigenvalue weighted by molar-refractivity contribution is 6.99. The highest BCUT2D eigenvalue weighted by atomic mass is 28.4. The molecule has 3 aromatic carbocycles. The topological polar surface area (TPSA) is 97.9 Å². The molecule has 1 atom stereocenters. The lowest BCUT2D eigenvalue weighted by Crippen LogP contribution is -2.66. The van der Waals surface area contributed by atoms with Crippen molar-refractivity contribution in [1.29, 1.82) is 5.26 Å². The summed E-state index contributed by atoms with van der Waals surface area (Å²) in [4.78, 5) is 9.11. The molecule has 0 aliphatic carbocycles. The van der Waals surface area contributed by atoms with Gasteiger partial charge in [0.15, 0.2) is 5.82 Å². The number of nitrogens with zero attached hydrogens (tertiary/aromatic N) is 5. The zero-order valence-corrected chi connectivity index (χ0v) is 27.1. The molecule has 0 bridgehead atoms. The second-order valence-corrected chi connectivity index (χ2v) is 16.3. The molecule has 0 unspecified atom stereocenters. The van der Waals surface area contributed by atoms with Gasteiger partial charge in [-0.15, -0.1) is 0 Å². The van der Waals surface area contributed by atoms with Gasteiger partial charge in [-0.3, -0.25) is 4.68 Å². The van der Waals surface area contributed by atoms with E-state index < -0.39 is 8.32 Å². The minimum absolute atomic E-state index is 0.0807. The second-order valence-electron chi connectivity index (χ2n) is 11.9. The molecule has 0 fully saturated rings. The number of benzene rings is 3. The molecule has 0 aliphatic rings. The average molecular weight is 605 g/mol. The van der Waals surface area contributed by atoms with Gasteiger partial charge in [-0.05, 0) is 40.4 Å². The number of hydrogen-bond donors (Lipinski definition) is 1. The van der Waals surface area contributed by atoms with Crippen molar-refractivity contribution in [3.8, 4) is 11.8 Å². The number of nitrogens with one attached hydrogen (secondary N) is 1. The maximum atomic E-state index is 9.30. The van der Waals surface area contributed by atoms with E-state index in [4.69, 9.17) is 9.16 Å². The fourth-order valence-electron chi connectivity index (χ4n) is 5.94. The summed E-state index contributed by atoms with van der Waals surface area (Å²) in [5.74, 6) is 1.38. The average Bonchev–Trinajstić information content (AvgIpc) is 3.46. The number of ether oxygens (including phenoxy) is 1. The quantitative estimate of drug-likeness (QED) is 0.177. The summed E-state index contributed by atoms with van der Waals surface area (Å²) < 4.78 is 14.6. The van der Waals surface area contributed by atoms with Crippen LogP contribution in [-0.2, 0) is 11.0 Å². The van der Waals surface area contributed by atoms with E-state index in [-0.39, 0.29) is 11.1 Å². The minimum Gasteiger partial charge on any atom is -0.496 e. The molecule has 0 saturated heterocycles. The van der Waals surface area contributed by atoms with E-state index in [1.54, 1.807) is 31.8 Å². The van der Waals surface area contributed by atoms with Crippen LogP contribution in [0.25, 0.3) is 11.0 Å². The normalized spacial score (nSPS) is 12.5. The smallest absolute Gasteiger partial charge is 0.261 e. The van der Waals surface area contributed by atoms with Crippen LogP contribution in [0.4, 0.5) is 5.82 Å². The number of nitriles is 1. The summed E-state index contributed by atoms with van der Waals surface area (Å²) in [5.41, 5.74) is 3.04. The molecular weight excluding hydrogens is 565 g/mol. The fourth-order valence-corrected chi connectivity index (χ4v) is 10.5. The first-order valence-electron chi connectivity index (χ1n) is 15.1. The van der Waals surface area contributed by atoms with Crippen molar-refractivity contribution in [2.75, 3.05) is 19.0 Å². The van der Waals surface area contributed by atoms with E-state index in [0.29, 0.717) is 24.5 Å². The first-order chi connectivity index (χ1) is 21.3. The second kappa shape index (κ2) is 13.4. The van der Waals surface area contributed by atoms with Gasteiger partial charge in [0.2, 0.25) is 0 Å². The first-order valence-corrected chi connectivity index (χ1v) is 17.0. The van der Waals surface area contributed by atoms with E-state index in [1.807, 2.05) is 10.7 Å². The van der Waals surface area contributed by atoms with Crippen LogP contribution in [0, 0.1) is 11.3 Å². The van der Waals surface area contributed by atoms with Crippen molar-refractivity contribution in [2.45, 2.75) is 58.2 Å². The maximum absolute atomic E-state index is 9.30. The molecule has 0 spiro atoms. The van der Waals surface area contributed by atoms with E-state index in [2.05, 4.69) is 115 Å². The van der Waals surface area contributed by atoms with Crippen LogP contribution in [0.3, 0.4) is 0 Å². The van der Waals surface area contributed by atoms with Crippen molar-refractivity contribution in [1.82, 2.24) is 19.7 Å². The van der Waals surface area contributed by atoms with Crippen LogP contribution in [0.5, 0.6) is 5.75 Å². The maximum Gasteiger partial charge on any atom is 0.261 e. The first kappa shape index (κ1) is 30.9. The van der Waals surface area contributed by atoms with Gasteiger partial charge in [0, 0.05) is 18.2 Å². The Morgan fingerprint density at radius 2 is 1.66 bits per heavy atom. The van der Waals surface area contributed by atoms with Crippen molar-refractivity contribution >= 4 is 35.5 Å². The lowest BCUT2D eigenvalue weighted by Gasteiger charge is -2.43. The van der Waals surface area contributed by atoms with Gasteiger partial charge in [0.25, 0.3) is 8.32 Å². The molecular formula is C35H40N6O2Si. The van der Waals surface area contributed by atoms with E-state index in [9.17, 15) is 5.26 Å². The third kappa shape index (κ3) is 6.23. The zero-order chi connectivity index (χ0) is 31.2. The van der Waals surface area contributed by atoms with E-state index in [1.165, 1.54) is 10.4 Å². The van der Waals surface area contributed by atoms with Crippen molar-refractivity contribution in [3.05, 3.63) is 103 Å². The molecule has 2 aromatic heterocycles. The number of anilines is 1. The van der Waals surface area contributed by atoms with Gasteiger partial charge < -0.3 is 14.5 Å². The number of fused-ring (bicyclic) bond motifs is 1. The Kier molecular flexibility index (Phi) is 9.42. The molecule has 0 saturated carbocycles. The van der Waals surface area contributed by atoms with Crippen LogP contribution in [0.2, 0.25) is 5.04 Å². The van der Waals surface area contributed by atoms with Crippen molar-refractivity contribution in [2.24, 2.45) is 0 Å². The molecule has 44 heavy (non-hydrogen) atoms. The number of rotatable bonds is 12. The lowest BCUT2D eigenvalue weighted by atomic mass is 10.1. The summed E-state index contributed by atoms with van der Waals surface area (Å²) in [6, 6.07) is 29.2. The molecule has 226 valence electrons. The molecule has 5 rings (SSSR count). The van der Waals surface area contributed by atoms with Crippen LogP contribution < -0.4 is 20.4 Å². The van der Waals surface area contributed by atoms with Crippen molar-refractivity contribution in [3.63, 3.8) is 0 Å². The van der Waals surface area contributed by atoms with Gasteiger partial charge in [-0.25, -0.2) is 9.97 Å². The summed E-state index contributed by atoms with van der Waals surface area (Å²) in [7, 11) is -1.01. The standard InChI is InChI=1S/C35H40N6O2Si/c1-6-28(19-20-43-44(35(2,3)4,29-13-9-7-10-14-29)30-15-11-8-12-16-30)40-34-33-31(37-25-38-34)23-39-41(33)24-27-18-17-26(22-36)21-32(27)42-5/h7-18,21,23,25,28H,6,19-20,24H2,1-5H3,(H,37,38,40)/t28-/m0/s1. The van der Waals surface area contributed by atoms with Gasteiger partial charge in [-0.2, -0.15) is 10.4 Å². The lowest BCUT2D eigenvalue weighted by molar-refractivity contribution is 0.282. The molecule has 1 N–H and O–H groups in total. The number of hydrogen-bond acceptors (Lipinski definition) is 7. The minimum atomic E-state index is -2.62. The van der Waals surface area contributed by atoms with Gasteiger partial charge >= 0.3 is 0 Å². The van der Waals surface area contributed by atoms with Gasteiger partial charge in [0.1, 0.15) is 23.1 Å². The predicted octanol–water partition coefficient (Wildman–Crippen LogP) is 5.91. The molecule has 0 aliphatic heterocycles. The monoisotopic (exact) mass is 604 g/mol. The van der Waals surface area contributed by atoms with E-state index >= 15 is 0 Å². The van der Waals surface area contributed by atoms with Crippen LogP contribution >= 0.6 is 0 Å². The molecule has 5 aromatic rings. The van der Waals surface area contributed by atoms with Crippen LogP contribution in [-0.4, -0.2) is 47.8 Å². The summed E-state index contributed by atoms with van der Waals surface area (Å²) in [5, 5.41) is 20.1. The molecule has 8 nitrogen and oxygen atoms in total. The van der Waals surface area contributed by atoms with E-state index in [0.717, 1.165) is 35.3 Å². The zero-order valence-electron chi connectivity index (χ0n) is 26.1. The highest BCUT2D eigenvalue weighted by Crippen LogP contribution is 2.37. The largest absolute Gasteiger partial charge is 0.496 e. The number of aromatic nitrogens is 4.